The van der Waals surface area contributed by atoms with Gasteiger partial charge in [0.2, 0.25) is 10.0 Å². The second-order valence-electron chi connectivity index (χ2n) is 8.31. The minimum atomic E-state index is -4.99. The lowest BCUT2D eigenvalue weighted by molar-refractivity contribution is -0.275. The van der Waals surface area contributed by atoms with E-state index < -0.39 is 40.3 Å². The molecule has 0 N–H and O–H groups in total. The fourth-order valence-electron chi connectivity index (χ4n) is 4.39. The molecule has 14 heteroatoms. The van der Waals surface area contributed by atoms with Crippen LogP contribution in [-0.4, -0.2) is 46.2 Å². The average molecular weight is 577 g/mol. The zero-order chi connectivity index (χ0) is 28.6. The quantitative estimate of drug-likeness (QED) is 0.329. The molecule has 0 spiro atoms. The molecule has 210 valence electrons. The monoisotopic (exact) mass is 577 g/mol. The Kier molecular flexibility index (Phi) is 7.63. The molecular formula is C25H21F6NO6S. The largest absolute Gasteiger partial charge is 0.573 e. The summed E-state index contributed by atoms with van der Waals surface area (Å²) in [5.74, 6) is -0.529. The number of hydrogen-bond donors (Lipinski definition) is 0. The van der Waals surface area contributed by atoms with Crippen LogP contribution in [0.25, 0.3) is 0 Å². The van der Waals surface area contributed by atoms with Gasteiger partial charge in [-0.3, -0.25) is 0 Å². The van der Waals surface area contributed by atoms with Crippen molar-refractivity contribution < 1.29 is 53.7 Å². The number of halogens is 6. The highest BCUT2D eigenvalue weighted by molar-refractivity contribution is 7.89. The molecule has 7 nitrogen and oxygen atoms in total. The first-order valence-corrected chi connectivity index (χ1v) is 12.6. The van der Waals surface area contributed by atoms with Crippen LogP contribution in [0.15, 0.2) is 65.6 Å². The summed E-state index contributed by atoms with van der Waals surface area (Å²) in [5.41, 5.74) is 1.15. The standard InChI is InChI=1S/C25H21F6NO6S/c1-35-19-12-15-10-11-32(39(33,34)20-8-6-17(7-9-20)37-24(26,27)28)23(22(15)21(14-19)36-2)16-4-3-5-18(13-16)38-25(29,30)31/h3-9,12-14,23H,10-11H2,1-2H3. The Morgan fingerprint density at radius 1 is 0.795 bits per heavy atom. The van der Waals surface area contributed by atoms with Crippen molar-refractivity contribution in [3.63, 3.8) is 0 Å². The predicted molar refractivity (Wildman–Crippen MR) is 125 cm³/mol. The fourth-order valence-corrected chi connectivity index (χ4v) is 5.97. The topological polar surface area (TPSA) is 74.3 Å². The lowest BCUT2D eigenvalue weighted by atomic mass is 9.88. The van der Waals surface area contributed by atoms with Crippen molar-refractivity contribution in [3.8, 4) is 23.0 Å². The minimum Gasteiger partial charge on any atom is -0.497 e. The Hall–Kier alpha value is -3.65. The molecule has 0 fully saturated rings. The molecule has 0 amide bonds. The van der Waals surface area contributed by atoms with Gasteiger partial charge in [0.05, 0.1) is 25.2 Å². The third kappa shape index (κ3) is 6.33. The molecule has 0 saturated carbocycles. The second kappa shape index (κ2) is 10.5. The van der Waals surface area contributed by atoms with Gasteiger partial charge in [-0.05, 0) is 60.0 Å². The van der Waals surface area contributed by atoms with Crippen LogP contribution in [0.3, 0.4) is 0 Å². The first-order valence-electron chi connectivity index (χ1n) is 11.2. The summed E-state index contributed by atoms with van der Waals surface area (Å²) in [4.78, 5) is -0.347. The number of methoxy groups -OCH3 is 2. The molecule has 3 aromatic carbocycles. The van der Waals surface area contributed by atoms with E-state index in [9.17, 15) is 34.8 Å². The van der Waals surface area contributed by atoms with E-state index in [1.807, 2.05) is 0 Å². The van der Waals surface area contributed by atoms with Crippen molar-refractivity contribution >= 4 is 10.0 Å². The van der Waals surface area contributed by atoms with E-state index in [0.29, 0.717) is 16.9 Å². The van der Waals surface area contributed by atoms with Crippen LogP contribution in [-0.2, 0) is 16.4 Å². The maximum Gasteiger partial charge on any atom is 0.573 e. The smallest absolute Gasteiger partial charge is 0.497 e. The fraction of sp³-hybridized carbons (Fsp3) is 0.280. The molecule has 39 heavy (non-hydrogen) atoms. The molecular weight excluding hydrogens is 556 g/mol. The molecule has 0 aromatic heterocycles. The molecule has 1 aliphatic rings. The lowest BCUT2D eigenvalue weighted by Crippen LogP contribution is -2.40. The van der Waals surface area contributed by atoms with Gasteiger partial charge in [-0.1, -0.05) is 12.1 Å². The molecule has 1 aliphatic heterocycles. The third-order valence-electron chi connectivity index (χ3n) is 5.89. The van der Waals surface area contributed by atoms with Gasteiger partial charge in [0.15, 0.2) is 0 Å². The summed E-state index contributed by atoms with van der Waals surface area (Å²) in [6.45, 7) is -0.110. The summed E-state index contributed by atoms with van der Waals surface area (Å²) in [6, 6.07) is 10.5. The Morgan fingerprint density at radius 2 is 1.44 bits per heavy atom. The van der Waals surface area contributed by atoms with E-state index in [4.69, 9.17) is 9.47 Å². The van der Waals surface area contributed by atoms with Crippen LogP contribution in [0.5, 0.6) is 23.0 Å². The number of hydrogen-bond acceptors (Lipinski definition) is 6. The molecule has 0 saturated heterocycles. The van der Waals surface area contributed by atoms with Crippen LogP contribution in [0.1, 0.15) is 22.7 Å². The summed E-state index contributed by atoms with van der Waals surface area (Å²) in [7, 11) is -1.62. The van der Waals surface area contributed by atoms with Crippen molar-refractivity contribution in [1.82, 2.24) is 4.31 Å². The van der Waals surface area contributed by atoms with Gasteiger partial charge in [0.25, 0.3) is 0 Å². The maximum atomic E-state index is 13.8. The highest BCUT2D eigenvalue weighted by atomic mass is 32.2. The van der Waals surface area contributed by atoms with Crippen molar-refractivity contribution in [3.05, 3.63) is 77.4 Å². The minimum absolute atomic E-state index is 0.110. The van der Waals surface area contributed by atoms with Gasteiger partial charge in [-0.25, -0.2) is 8.42 Å². The lowest BCUT2D eigenvalue weighted by Gasteiger charge is -2.37. The van der Waals surface area contributed by atoms with E-state index in [2.05, 4.69) is 9.47 Å². The van der Waals surface area contributed by atoms with E-state index >= 15 is 0 Å². The molecule has 0 radical (unpaired) electrons. The van der Waals surface area contributed by atoms with Crippen molar-refractivity contribution in [2.45, 2.75) is 30.1 Å². The van der Waals surface area contributed by atoms with Crippen LogP contribution >= 0.6 is 0 Å². The van der Waals surface area contributed by atoms with Crippen molar-refractivity contribution in [2.24, 2.45) is 0 Å². The predicted octanol–water partition coefficient (Wildman–Crippen LogP) is 5.84. The molecule has 1 heterocycles. The van der Waals surface area contributed by atoms with Gasteiger partial charge in [-0.2, -0.15) is 4.31 Å². The molecule has 3 aromatic rings. The number of benzene rings is 3. The Morgan fingerprint density at radius 3 is 2.03 bits per heavy atom. The molecule has 1 atom stereocenters. The zero-order valence-electron chi connectivity index (χ0n) is 20.3. The summed E-state index contributed by atoms with van der Waals surface area (Å²) >= 11 is 0. The van der Waals surface area contributed by atoms with Gasteiger partial charge in [0, 0.05) is 18.2 Å². The first kappa shape index (κ1) is 28.4. The molecule has 4 rings (SSSR count). The van der Waals surface area contributed by atoms with E-state index in [1.165, 1.54) is 32.4 Å². The number of nitrogens with zero attached hydrogens (tertiary/aromatic N) is 1. The number of rotatable bonds is 7. The van der Waals surface area contributed by atoms with E-state index in [0.717, 1.165) is 40.7 Å². The molecule has 1 unspecified atom stereocenters. The van der Waals surface area contributed by atoms with Crippen LogP contribution in [0.2, 0.25) is 0 Å². The summed E-state index contributed by atoms with van der Waals surface area (Å²) in [5, 5.41) is 0. The normalized spacial score (nSPS) is 16.4. The Balaban J connectivity index is 1.85. The van der Waals surface area contributed by atoms with Crippen molar-refractivity contribution in [2.75, 3.05) is 20.8 Å². The Bertz CT molecular complexity index is 1420. The zero-order valence-corrected chi connectivity index (χ0v) is 21.2. The van der Waals surface area contributed by atoms with Crippen LogP contribution in [0.4, 0.5) is 26.3 Å². The van der Waals surface area contributed by atoms with Gasteiger partial charge >= 0.3 is 12.7 Å². The van der Waals surface area contributed by atoms with Gasteiger partial charge in [0.1, 0.15) is 23.0 Å². The number of ether oxygens (including phenoxy) is 4. The number of fused-ring (bicyclic) bond motifs is 1. The third-order valence-corrected chi connectivity index (χ3v) is 7.77. The van der Waals surface area contributed by atoms with Gasteiger partial charge < -0.3 is 18.9 Å². The Labute approximate surface area is 219 Å². The average Bonchev–Trinajstić information content (AvgIpc) is 2.85. The van der Waals surface area contributed by atoms with Crippen LogP contribution < -0.4 is 18.9 Å². The maximum absolute atomic E-state index is 13.8. The first-order chi connectivity index (χ1) is 18.2. The van der Waals surface area contributed by atoms with E-state index in [-0.39, 0.29) is 29.2 Å². The highest BCUT2D eigenvalue weighted by Crippen LogP contribution is 2.45. The molecule has 0 bridgehead atoms. The highest BCUT2D eigenvalue weighted by Gasteiger charge is 2.40. The number of alkyl halides is 6. The summed E-state index contributed by atoms with van der Waals surface area (Å²) < 4.78 is 124. The van der Waals surface area contributed by atoms with E-state index in [1.54, 1.807) is 6.07 Å². The van der Waals surface area contributed by atoms with Crippen LogP contribution in [0, 0.1) is 0 Å². The SMILES string of the molecule is COc1cc2c(c(OC)c1)C(c1cccc(OC(F)(F)F)c1)N(S(=O)(=O)c1ccc(OC(F)(F)F)cc1)CC2. The number of sulfonamides is 1. The van der Waals surface area contributed by atoms with Crippen molar-refractivity contribution in [1.29, 1.82) is 0 Å². The molecule has 0 aliphatic carbocycles. The summed E-state index contributed by atoms with van der Waals surface area (Å²) in [6.07, 6.45) is -9.77. The second-order valence-corrected chi connectivity index (χ2v) is 10.2. The van der Waals surface area contributed by atoms with Gasteiger partial charge in [-0.15, -0.1) is 26.3 Å².